The third kappa shape index (κ3) is 4.04. The minimum absolute atomic E-state index is 0.0587. The Kier molecular flexibility index (Phi) is 5.63. The summed E-state index contributed by atoms with van der Waals surface area (Å²) in [6.07, 6.45) is -4.59. The highest BCUT2D eigenvalue weighted by molar-refractivity contribution is 5.96. The van der Waals surface area contributed by atoms with Crippen molar-refractivity contribution in [2.75, 3.05) is 13.7 Å². The highest BCUT2D eigenvalue weighted by Gasteiger charge is 2.32. The molecule has 1 aromatic carbocycles. The molecular formula is C13H16F3N3O3. The third-order valence-corrected chi connectivity index (χ3v) is 2.67. The van der Waals surface area contributed by atoms with Crippen molar-refractivity contribution < 1.29 is 27.4 Å². The standard InChI is InChI=1S/C13H16F3N3O3/c1-3-22-12(20)11(19-18)10(17)7-4-8(13(14,15)16)6-9(5-7)21-2/h4-6,19H,3,17-18H2,1-2H3/b11-10-. The lowest BCUT2D eigenvalue weighted by Gasteiger charge is -2.14. The molecule has 0 aliphatic heterocycles. The van der Waals surface area contributed by atoms with Gasteiger partial charge in [-0.15, -0.1) is 0 Å². The van der Waals surface area contributed by atoms with E-state index in [9.17, 15) is 18.0 Å². The molecule has 9 heteroatoms. The van der Waals surface area contributed by atoms with Crippen molar-refractivity contribution in [1.82, 2.24) is 5.43 Å². The molecule has 0 radical (unpaired) electrons. The Bertz CT molecular complexity index is 586. The molecule has 0 unspecified atom stereocenters. The van der Waals surface area contributed by atoms with Gasteiger partial charge in [0.15, 0.2) is 5.70 Å². The van der Waals surface area contributed by atoms with Crippen molar-refractivity contribution in [3.63, 3.8) is 0 Å². The topological polar surface area (TPSA) is 99.6 Å². The molecule has 0 aliphatic carbocycles. The lowest BCUT2D eigenvalue weighted by atomic mass is 10.1. The van der Waals surface area contributed by atoms with Crippen LogP contribution in [0.3, 0.4) is 0 Å². The zero-order valence-electron chi connectivity index (χ0n) is 12.0. The molecule has 6 nitrogen and oxygen atoms in total. The fraction of sp³-hybridized carbons (Fsp3) is 0.308. The zero-order chi connectivity index (χ0) is 16.9. The number of hydrogen-bond donors (Lipinski definition) is 3. The fourth-order valence-electron chi connectivity index (χ4n) is 1.63. The van der Waals surface area contributed by atoms with Gasteiger partial charge >= 0.3 is 12.1 Å². The summed E-state index contributed by atoms with van der Waals surface area (Å²) < 4.78 is 48.1. The molecule has 5 N–H and O–H groups in total. The van der Waals surface area contributed by atoms with E-state index in [1.165, 1.54) is 13.2 Å². The molecule has 1 aromatic rings. The van der Waals surface area contributed by atoms with E-state index in [4.69, 9.17) is 21.1 Å². The molecular weight excluding hydrogens is 303 g/mol. The maximum atomic E-state index is 12.9. The van der Waals surface area contributed by atoms with E-state index in [1.807, 2.05) is 5.43 Å². The van der Waals surface area contributed by atoms with Gasteiger partial charge in [0.2, 0.25) is 0 Å². The number of benzene rings is 1. The van der Waals surface area contributed by atoms with Crippen molar-refractivity contribution in [3.8, 4) is 5.75 Å². The second-order valence-electron chi connectivity index (χ2n) is 4.10. The van der Waals surface area contributed by atoms with Gasteiger partial charge in [-0.3, -0.25) is 5.84 Å². The van der Waals surface area contributed by atoms with Crippen molar-refractivity contribution in [1.29, 1.82) is 0 Å². The van der Waals surface area contributed by atoms with Crippen LogP contribution in [0.15, 0.2) is 23.9 Å². The summed E-state index contributed by atoms with van der Waals surface area (Å²) >= 11 is 0. The van der Waals surface area contributed by atoms with Crippen LogP contribution < -0.4 is 21.7 Å². The number of nitrogens with two attached hydrogens (primary N) is 2. The number of carbonyl (C=O) groups is 1. The largest absolute Gasteiger partial charge is 0.497 e. The van der Waals surface area contributed by atoms with Crippen molar-refractivity contribution >= 4 is 11.7 Å². The minimum Gasteiger partial charge on any atom is -0.497 e. The van der Waals surface area contributed by atoms with Crippen LogP contribution >= 0.6 is 0 Å². The average molecular weight is 319 g/mol. The molecule has 0 atom stereocenters. The van der Waals surface area contributed by atoms with Crippen LogP contribution in [-0.2, 0) is 15.7 Å². The lowest BCUT2D eigenvalue weighted by Crippen LogP contribution is -2.31. The molecule has 0 amide bonds. The molecule has 0 fully saturated rings. The average Bonchev–Trinajstić information content (AvgIpc) is 2.46. The molecule has 1 rings (SSSR count). The van der Waals surface area contributed by atoms with Gasteiger partial charge in [-0.05, 0) is 25.1 Å². The van der Waals surface area contributed by atoms with E-state index in [0.29, 0.717) is 0 Å². The van der Waals surface area contributed by atoms with Gasteiger partial charge < -0.3 is 20.6 Å². The molecule has 122 valence electrons. The second-order valence-corrected chi connectivity index (χ2v) is 4.10. The van der Waals surface area contributed by atoms with Gasteiger partial charge in [-0.1, -0.05) is 0 Å². The summed E-state index contributed by atoms with van der Waals surface area (Å²) in [6.45, 7) is 1.62. The van der Waals surface area contributed by atoms with Crippen LogP contribution in [0.4, 0.5) is 13.2 Å². The molecule has 0 spiro atoms. The van der Waals surface area contributed by atoms with Gasteiger partial charge in [0.05, 0.1) is 25.0 Å². The van der Waals surface area contributed by atoms with Gasteiger partial charge in [-0.2, -0.15) is 13.2 Å². The Labute approximate surface area is 124 Å². The fourth-order valence-corrected chi connectivity index (χ4v) is 1.63. The predicted molar refractivity (Wildman–Crippen MR) is 73.1 cm³/mol. The highest BCUT2D eigenvalue weighted by Crippen LogP contribution is 2.33. The maximum Gasteiger partial charge on any atom is 0.416 e. The number of methoxy groups -OCH3 is 1. The monoisotopic (exact) mass is 319 g/mol. The number of halogens is 3. The van der Waals surface area contributed by atoms with Gasteiger partial charge in [0.25, 0.3) is 0 Å². The highest BCUT2D eigenvalue weighted by atomic mass is 19.4. The van der Waals surface area contributed by atoms with E-state index >= 15 is 0 Å². The van der Waals surface area contributed by atoms with E-state index in [2.05, 4.69) is 0 Å². The number of ether oxygens (including phenoxy) is 2. The zero-order valence-corrected chi connectivity index (χ0v) is 12.0. The van der Waals surface area contributed by atoms with E-state index in [-0.39, 0.29) is 29.3 Å². The van der Waals surface area contributed by atoms with Crippen LogP contribution in [0.2, 0.25) is 0 Å². The molecule has 0 bridgehead atoms. The SMILES string of the molecule is CCOC(=O)/C(NN)=C(/N)c1cc(OC)cc(C(F)(F)F)c1. The first kappa shape index (κ1) is 17.6. The lowest BCUT2D eigenvalue weighted by molar-refractivity contribution is -0.139. The third-order valence-electron chi connectivity index (χ3n) is 2.67. The predicted octanol–water partition coefficient (Wildman–Crippen LogP) is 1.37. The number of alkyl halides is 3. The Hall–Kier alpha value is -2.42. The molecule has 0 heterocycles. The normalized spacial score (nSPS) is 12.5. The number of hydrazine groups is 1. The van der Waals surface area contributed by atoms with Gasteiger partial charge in [0.1, 0.15) is 5.75 Å². The smallest absolute Gasteiger partial charge is 0.416 e. The number of hydrogen-bond acceptors (Lipinski definition) is 6. The first-order valence-corrected chi connectivity index (χ1v) is 6.14. The molecule has 22 heavy (non-hydrogen) atoms. The molecule has 0 saturated heterocycles. The van der Waals surface area contributed by atoms with E-state index in [1.54, 1.807) is 6.92 Å². The van der Waals surface area contributed by atoms with E-state index < -0.39 is 17.7 Å². The quantitative estimate of drug-likeness (QED) is 0.328. The van der Waals surface area contributed by atoms with Gasteiger partial charge in [0, 0.05) is 5.56 Å². The number of esters is 1. The Morgan fingerprint density at radius 2 is 1.95 bits per heavy atom. The summed E-state index contributed by atoms with van der Waals surface area (Å²) in [5.41, 5.74) is 6.09. The van der Waals surface area contributed by atoms with Crippen LogP contribution in [0, 0.1) is 0 Å². The Morgan fingerprint density at radius 1 is 1.32 bits per heavy atom. The number of nitrogens with one attached hydrogen (secondary N) is 1. The van der Waals surface area contributed by atoms with Crippen molar-refractivity contribution in [2.45, 2.75) is 13.1 Å². The van der Waals surface area contributed by atoms with Crippen molar-refractivity contribution in [2.24, 2.45) is 11.6 Å². The minimum atomic E-state index is -4.59. The van der Waals surface area contributed by atoms with Crippen LogP contribution in [0.1, 0.15) is 18.1 Å². The summed E-state index contributed by atoms with van der Waals surface area (Å²) in [5.74, 6) is 4.26. The van der Waals surface area contributed by atoms with E-state index in [0.717, 1.165) is 12.1 Å². The van der Waals surface area contributed by atoms with Crippen molar-refractivity contribution in [3.05, 3.63) is 35.0 Å². The summed E-state index contributed by atoms with van der Waals surface area (Å²) in [7, 11) is 1.21. The number of carbonyl (C=O) groups excluding carboxylic acids is 1. The van der Waals surface area contributed by atoms with Crippen LogP contribution in [0.25, 0.3) is 5.70 Å². The summed E-state index contributed by atoms with van der Waals surface area (Å²) in [6, 6.07) is 2.85. The Balaban J connectivity index is 3.43. The van der Waals surface area contributed by atoms with Crippen LogP contribution in [0.5, 0.6) is 5.75 Å². The maximum absolute atomic E-state index is 12.9. The molecule has 0 saturated carbocycles. The molecule has 0 aromatic heterocycles. The van der Waals surface area contributed by atoms with Gasteiger partial charge in [-0.25, -0.2) is 4.79 Å². The second kappa shape index (κ2) is 7.03. The summed E-state index contributed by atoms with van der Waals surface area (Å²) in [4.78, 5) is 11.7. The number of rotatable bonds is 5. The first-order valence-electron chi connectivity index (χ1n) is 6.14. The van der Waals surface area contributed by atoms with Crippen LogP contribution in [-0.4, -0.2) is 19.7 Å². The molecule has 0 aliphatic rings. The summed E-state index contributed by atoms with van der Waals surface area (Å²) in [5, 5.41) is 0. The first-order chi connectivity index (χ1) is 10.2. The Morgan fingerprint density at radius 3 is 2.41 bits per heavy atom.